The number of nitrogens with one attached hydrogen (secondary N) is 5. The molecule has 38 heavy (non-hydrogen) atoms. The van der Waals surface area contributed by atoms with Gasteiger partial charge in [0.15, 0.2) is 0 Å². The molecule has 0 radical (unpaired) electrons. The summed E-state index contributed by atoms with van der Waals surface area (Å²) >= 11 is 0. The van der Waals surface area contributed by atoms with Crippen molar-refractivity contribution in [2.24, 2.45) is 11.5 Å². The molecular weight excluding hydrogens is 492 g/mol. The number of para-hydroxylation sites is 1. The van der Waals surface area contributed by atoms with Crippen molar-refractivity contribution in [1.29, 1.82) is 0 Å². The molecule has 10 N–H and O–H groups in total. The van der Waals surface area contributed by atoms with Gasteiger partial charge in [-0.2, -0.15) is 0 Å². The van der Waals surface area contributed by atoms with Gasteiger partial charge in [-0.05, 0) is 31.0 Å². The molecule has 3 amide bonds. The standard InChI is InChI=1S/C25H34N8O5/c26-8-4-3-6-18(27)23(35)33-20(9-15-11-29-19-7-2-1-5-17(15)19)24(36)30-13-22(34)32-21(25(37)38)10-16-12-28-14-31-16/h1-2,5,7,11-12,14,18,20-21,29H,3-4,6,8-10,13,26-27H2,(H,28,31)(H,30,36)(H,32,34)(H,33,35)(H,37,38). The Bertz CT molecular complexity index is 1230. The number of carboxylic acid groups (broad SMARTS) is 1. The number of imidazole rings is 1. The van der Waals surface area contributed by atoms with Crippen LogP contribution in [0, 0.1) is 0 Å². The van der Waals surface area contributed by atoms with Crippen LogP contribution in [0.2, 0.25) is 0 Å². The van der Waals surface area contributed by atoms with Gasteiger partial charge < -0.3 is 42.5 Å². The highest BCUT2D eigenvalue weighted by Gasteiger charge is 2.26. The van der Waals surface area contributed by atoms with Crippen LogP contribution in [-0.2, 0) is 32.0 Å². The summed E-state index contributed by atoms with van der Waals surface area (Å²) in [6, 6.07) is 4.49. The van der Waals surface area contributed by atoms with Crippen LogP contribution in [0.15, 0.2) is 43.0 Å². The molecule has 0 fully saturated rings. The van der Waals surface area contributed by atoms with Crippen LogP contribution in [0.1, 0.15) is 30.5 Å². The summed E-state index contributed by atoms with van der Waals surface area (Å²) in [7, 11) is 0. The van der Waals surface area contributed by atoms with E-state index in [1.807, 2.05) is 24.3 Å². The fraction of sp³-hybridized carbons (Fsp3) is 0.400. The third-order valence-corrected chi connectivity index (χ3v) is 6.07. The summed E-state index contributed by atoms with van der Waals surface area (Å²) in [4.78, 5) is 59.6. The minimum absolute atomic E-state index is 0.00366. The van der Waals surface area contributed by atoms with E-state index in [4.69, 9.17) is 11.5 Å². The van der Waals surface area contributed by atoms with Gasteiger partial charge >= 0.3 is 5.97 Å². The molecule has 13 heteroatoms. The summed E-state index contributed by atoms with van der Waals surface area (Å²) in [5.41, 5.74) is 13.7. The molecule has 0 aliphatic heterocycles. The Hall–Kier alpha value is -4.23. The molecule has 3 unspecified atom stereocenters. The summed E-state index contributed by atoms with van der Waals surface area (Å²) in [6.07, 6.45) is 6.59. The van der Waals surface area contributed by atoms with Gasteiger partial charge in [0.1, 0.15) is 12.1 Å². The van der Waals surface area contributed by atoms with Gasteiger partial charge in [-0.3, -0.25) is 14.4 Å². The normalized spacial score (nSPS) is 13.4. The van der Waals surface area contributed by atoms with Crippen LogP contribution in [0.5, 0.6) is 0 Å². The molecule has 3 aromatic rings. The largest absolute Gasteiger partial charge is 0.480 e. The van der Waals surface area contributed by atoms with Crippen molar-refractivity contribution in [2.75, 3.05) is 13.1 Å². The van der Waals surface area contributed by atoms with Gasteiger partial charge in [0.05, 0.1) is 18.9 Å². The second kappa shape index (κ2) is 13.9. The molecule has 2 heterocycles. The van der Waals surface area contributed by atoms with E-state index in [1.54, 1.807) is 6.20 Å². The minimum Gasteiger partial charge on any atom is -0.480 e. The summed E-state index contributed by atoms with van der Waals surface area (Å²) < 4.78 is 0. The third-order valence-electron chi connectivity index (χ3n) is 6.07. The average molecular weight is 527 g/mol. The number of carbonyl (C=O) groups is 4. The fourth-order valence-electron chi connectivity index (χ4n) is 4.00. The zero-order valence-electron chi connectivity index (χ0n) is 20.9. The Morgan fingerprint density at radius 1 is 1.00 bits per heavy atom. The molecule has 2 aromatic heterocycles. The van der Waals surface area contributed by atoms with Crippen molar-refractivity contribution >= 4 is 34.6 Å². The second-order valence-electron chi connectivity index (χ2n) is 8.97. The molecule has 0 aliphatic rings. The second-order valence-corrected chi connectivity index (χ2v) is 8.97. The number of hydrogen-bond donors (Lipinski definition) is 8. The highest BCUT2D eigenvalue weighted by atomic mass is 16.4. The monoisotopic (exact) mass is 526 g/mol. The predicted octanol–water partition coefficient (Wildman–Crippen LogP) is -0.697. The van der Waals surface area contributed by atoms with Crippen molar-refractivity contribution in [3.05, 3.63) is 54.2 Å². The Balaban J connectivity index is 1.65. The maximum atomic E-state index is 13.1. The van der Waals surface area contributed by atoms with Crippen molar-refractivity contribution in [1.82, 2.24) is 30.9 Å². The molecule has 0 saturated carbocycles. The van der Waals surface area contributed by atoms with Crippen LogP contribution in [-0.4, -0.2) is 75.0 Å². The molecule has 1 aromatic carbocycles. The highest BCUT2D eigenvalue weighted by molar-refractivity contribution is 5.93. The van der Waals surface area contributed by atoms with Gasteiger partial charge in [-0.1, -0.05) is 24.6 Å². The van der Waals surface area contributed by atoms with E-state index in [9.17, 15) is 24.3 Å². The minimum atomic E-state index is -1.23. The van der Waals surface area contributed by atoms with Gasteiger partial charge in [0, 0.05) is 41.8 Å². The zero-order valence-corrected chi connectivity index (χ0v) is 20.9. The lowest BCUT2D eigenvalue weighted by Gasteiger charge is -2.21. The number of nitrogens with zero attached hydrogens (tertiary/aromatic N) is 1. The number of nitrogens with two attached hydrogens (primary N) is 2. The zero-order chi connectivity index (χ0) is 27.5. The number of H-pyrrole nitrogens is 2. The molecular formula is C25H34N8O5. The number of amides is 3. The maximum Gasteiger partial charge on any atom is 0.326 e. The number of aromatic nitrogens is 3. The maximum absolute atomic E-state index is 13.1. The lowest BCUT2D eigenvalue weighted by molar-refractivity contribution is -0.141. The topological polar surface area (TPSA) is 221 Å². The van der Waals surface area contributed by atoms with E-state index in [1.165, 1.54) is 12.5 Å². The number of carboxylic acids is 1. The smallest absolute Gasteiger partial charge is 0.326 e. The van der Waals surface area contributed by atoms with Crippen molar-refractivity contribution in [3.8, 4) is 0 Å². The van der Waals surface area contributed by atoms with Crippen molar-refractivity contribution in [2.45, 2.75) is 50.2 Å². The number of rotatable bonds is 15. The third kappa shape index (κ3) is 8.15. The lowest BCUT2D eigenvalue weighted by atomic mass is 10.0. The van der Waals surface area contributed by atoms with Crippen LogP contribution in [0.25, 0.3) is 10.9 Å². The molecule has 13 nitrogen and oxygen atoms in total. The van der Waals surface area contributed by atoms with Crippen molar-refractivity contribution in [3.63, 3.8) is 0 Å². The Morgan fingerprint density at radius 3 is 2.50 bits per heavy atom. The Kier molecular flexibility index (Phi) is 10.4. The van der Waals surface area contributed by atoms with E-state index in [0.717, 1.165) is 22.9 Å². The van der Waals surface area contributed by atoms with Crippen LogP contribution < -0.4 is 27.4 Å². The first-order chi connectivity index (χ1) is 18.3. The number of benzene rings is 1. The summed E-state index contributed by atoms with van der Waals surface area (Å²) in [5, 5.41) is 17.9. The predicted molar refractivity (Wildman–Crippen MR) is 140 cm³/mol. The first-order valence-corrected chi connectivity index (χ1v) is 12.4. The number of unbranched alkanes of at least 4 members (excludes halogenated alkanes) is 1. The molecule has 0 bridgehead atoms. The fourth-order valence-corrected chi connectivity index (χ4v) is 4.00. The lowest BCUT2D eigenvalue weighted by Crippen LogP contribution is -2.54. The summed E-state index contributed by atoms with van der Waals surface area (Å²) in [5.74, 6) is -3.02. The average Bonchev–Trinajstić information content (AvgIpc) is 3.56. The van der Waals surface area contributed by atoms with E-state index in [2.05, 4.69) is 30.9 Å². The van der Waals surface area contributed by atoms with Gasteiger partial charge in [-0.15, -0.1) is 0 Å². The number of aliphatic carboxylic acids is 1. The molecule has 3 atom stereocenters. The molecule has 0 spiro atoms. The highest BCUT2D eigenvalue weighted by Crippen LogP contribution is 2.19. The summed E-state index contributed by atoms with van der Waals surface area (Å²) in [6.45, 7) is 0.0149. The Labute approximate surface area is 219 Å². The van der Waals surface area contributed by atoms with Crippen LogP contribution >= 0.6 is 0 Å². The Morgan fingerprint density at radius 2 is 1.79 bits per heavy atom. The molecule has 204 valence electrons. The number of aromatic amines is 2. The van der Waals surface area contributed by atoms with Gasteiger partial charge in [0.25, 0.3) is 0 Å². The van der Waals surface area contributed by atoms with Crippen LogP contribution in [0.3, 0.4) is 0 Å². The molecule has 0 aliphatic carbocycles. The van der Waals surface area contributed by atoms with E-state index >= 15 is 0 Å². The first-order valence-electron chi connectivity index (χ1n) is 12.4. The molecule has 0 saturated heterocycles. The number of hydrogen-bond acceptors (Lipinski definition) is 7. The van der Waals surface area contributed by atoms with Crippen molar-refractivity contribution < 1.29 is 24.3 Å². The number of carbonyl (C=O) groups excluding carboxylic acids is 3. The first kappa shape index (κ1) is 28.3. The van der Waals surface area contributed by atoms with E-state index in [-0.39, 0.29) is 12.8 Å². The van der Waals surface area contributed by atoms with E-state index in [0.29, 0.717) is 25.1 Å². The van der Waals surface area contributed by atoms with E-state index < -0.39 is 48.4 Å². The molecule has 3 rings (SSSR count). The number of fused-ring (bicyclic) bond motifs is 1. The van der Waals surface area contributed by atoms with Gasteiger partial charge in [-0.25, -0.2) is 9.78 Å². The SMILES string of the molecule is NCCCCC(N)C(=O)NC(Cc1c[nH]c2ccccc12)C(=O)NCC(=O)NC(Cc1cnc[nH]1)C(=O)O. The van der Waals surface area contributed by atoms with Crippen LogP contribution in [0.4, 0.5) is 0 Å². The van der Waals surface area contributed by atoms with Gasteiger partial charge in [0.2, 0.25) is 17.7 Å². The quantitative estimate of drug-likeness (QED) is 0.118.